The van der Waals surface area contributed by atoms with Crippen molar-refractivity contribution in [3.63, 3.8) is 0 Å². The number of hydrogen-bond acceptors (Lipinski definition) is 3. The maximum atomic E-state index is 11.2. The zero-order valence-corrected chi connectivity index (χ0v) is 11.2. The van der Waals surface area contributed by atoms with Gasteiger partial charge >= 0.3 is 0 Å². The largest absolute Gasteiger partial charge is 0.313 e. The fourth-order valence-electron chi connectivity index (χ4n) is 1.89. The Balaban J connectivity index is 4.26. The van der Waals surface area contributed by atoms with E-state index in [1.165, 1.54) is 6.26 Å². The molecule has 0 aliphatic carbocycles. The van der Waals surface area contributed by atoms with Crippen molar-refractivity contribution < 1.29 is 8.42 Å². The van der Waals surface area contributed by atoms with Crippen molar-refractivity contribution in [1.29, 1.82) is 0 Å². The molecule has 0 fully saturated rings. The molecule has 0 amide bonds. The lowest BCUT2D eigenvalue weighted by Gasteiger charge is -2.21. The molecule has 1 atom stereocenters. The molecule has 0 saturated carbocycles. The van der Waals surface area contributed by atoms with Gasteiger partial charge < -0.3 is 5.32 Å². The Hall–Kier alpha value is -0.0900. The van der Waals surface area contributed by atoms with Gasteiger partial charge in [-0.2, -0.15) is 0 Å². The van der Waals surface area contributed by atoms with E-state index >= 15 is 0 Å². The maximum Gasteiger partial charge on any atom is 0.148 e. The van der Waals surface area contributed by atoms with Crippen molar-refractivity contribution in [2.24, 2.45) is 5.92 Å². The van der Waals surface area contributed by atoms with Gasteiger partial charge in [0.2, 0.25) is 0 Å². The molecule has 15 heavy (non-hydrogen) atoms. The van der Waals surface area contributed by atoms with Crippen LogP contribution in [0.2, 0.25) is 0 Å². The summed E-state index contributed by atoms with van der Waals surface area (Å²) in [6, 6.07) is 0.120. The molecule has 0 bridgehead atoms. The summed E-state index contributed by atoms with van der Waals surface area (Å²) in [5.74, 6) is 0.896. The molecule has 1 N–H and O–H groups in total. The SMILES string of the molecule is CCNC(CC(CC)CC)CS(C)(=O)=O. The minimum Gasteiger partial charge on any atom is -0.313 e. The summed E-state index contributed by atoms with van der Waals surface area (Å²) >= 11 is 0. The highest BCUT2D eigenvalue weighted by atomic mass is 32.2. The average molecular weight is 235 g/mol. The molecule has 3 nitrogen and oxygen atoms in total. The van der Waals surface area contributed by atoms with Crippen LogP contribution in [0.25, 0.3) is 0 Å². The van der Waals surface area contributed by atoms with E-state index in [4.69, 9.17) is 0 Å². The number of rotatable bonds is 8. The summed E-state index contributed by atoms with van der Waals surface area (Å²) in [4.78, 5) is 0. The smallest absolute Gasteiger partial charge is 0.148 e. The van der Waals surface area contributed by atoms with Crippen molar-refractivity contribution in [2.45, 2.75) is 46.1 Å². The third-order valence-corrected chi connectivity index (χ3v) is 3.78. The Kier molecular flexibility index (Phi) is 7.18. The van der Waals surface area contributed by atoms with Gasteiger partial charge in [-0.1, -0.05) is 33.6 Å². The van der Waals surface area contributed by atoms with E-state index in [0.717, 1.165) is 25.8 Å². The molecule has 0 spiro atoms. The molecule has 4 heteroatoms. The van der Waals surface area contributed by atoms with Crippen LogP contribution in [0.15, 0.2) is 0 Å². The molecule has 0 aliphatic rings. The number of nitrogens with one attached hydrogen (secondary N) is 1. The summed E-state index contributed by atoms with van der Waals surface area (Å²) in [6.07, 6.45) is 4.53. The van der Waals surface area contributed by atoms with Gasteiger partial charge in [0.1, 0.15) is 9.84 Å². The van der Waals surface area contributed by atoms with E-state index in [1.807, 2.05) is 6.92 Å². The van der Waals surface area contributed by atoms with Crippen molar-refractivity contribution >= 4 is 9.84 Å². The summed E-state index contributed by atoms with van der Waals surface area (Å²) in [6.45, 7) is 7.18. The molecule has 0 aliphatic heterocycles. The molecule has 92 valence electrons. The van der Waals surface area contributed by atoms with Gasteiger partial charge in [-0.3, -0.25) is 0 Å². The van der Waals surface area contributed by atoms with Crippen LogP contribution in [-0.2, 0) is 9.84 Å². The Morgan fingerprint density at radius 2 is 1.67 bits per heavy atom. The molecule has 0 aromatic carbocycles. The topological polar surface area (TPSA) is 46.2 Å². The minimum absolute atomic E-state index is 0.120. The van der Waals surface area contributed by atoms with Crippen LogP contribution in [0.4, 0.5) is 0 Å². The normalized spacial score (nSPS) is 14.5. The van der Waals surface area contributed by atoms with Crippen LogP contribution < -0.4 is 5.32 Å². The van der Waals surface area contributed by atoms with E-state index in [0.29, 0.717) is 5.92 Å². The standard InChI is InChI=1S/C11H25NO2S/c1-5-10(6-2)8-11(12-7-3)9-15(4,13)14/h10-12H,5-9H2,1-4H3. The van der Waals surface area contributed by atoms with E-state index in [-0.39, 0.29) is 11.8 Å². The fourth-order valence-corrected chi connectivity index (χ4v) is 2.87. The van der Waals surface area contributed by atoms with Gasteiger partial charge in [-0.05, 0) is 18.9 Å². The van der Waals surface area contributed by atoms with Crippen LogP contribution in [0.5, 0.6) is 0 Å². The Morgan fingerprint density at radius 3 is 2.00 bits per heavy atom. The third-order valence-electron chi connectivity index (χ3n) is 2.77. The second-order valence-electron chi connectivity index (χ2n) is 4.27. The van der Waals surface area contributed by atoms with Crippen LogP contribution in [0.3, 0.4) is 0 Å². The first-order valence-electron chi connectivity index (χ1n) is 5.84. The van der Waals surface area contributed by atoms with Gasteiger partial charge in [0.25, 0.3) is 0 Å². The molecule has 0 aromatic heterocycles. The van der Waals surface area contributed by atoms with Crippen molar-refractivity contribution in [2.75, 3.05) is 18.6 Å². The summed E-state index contributed by atoms with van der Waals surface area (Å²) in [5.41, 5.74) is 0. The van der Waals surface area contributed by atoms with Gasteiger partial charge in [0, 0.05) is 12.3 Å². The fraction of sp³-hybridized carbons (Fsp3) is 1.00. The molecule has 0 radical (unpaired) electrons. The first-order chi connectivity index (χ1) is 6.92. The Bertz CT molecular complexity index is 245. The third kappa shape index (κ3) is 7.79. The highest BCUT2D eigenvalue weighted by Crippen LogP contribution is 2.15. The average Bonchev–Trinajstić information content (AvgIpc) is 2.11. The Morgan fingerprint density at radius 1 is 1.13 bits per heavy atom. The molecule has 0 heterocycles. The zero-order valence-electron chi connectivity index (χ0n) is 10.4. The first-order valence-corrected chi connectivity index (χ1v) is 7.90. The lowest BCUT2D eigenvalue weighted by atomic mass is 9.95. The highest BCUT2D eigenvalue weighted by Gasteiger charge is 2.17. The molecular weight excluding hydrogens is 210 g/mol. The highest BCUT2D eigenvalue weighted by molar-refractivity contribution is 7.90. The predicted octanol–water partition coefficient (Wildman–Crippen LogP) is 1.84. The zero-order chi connectivity index (χ0) is 11.9. The summed E-state index contributed by atoms with van der Waals surface area (Å²) in [5, 5.41) is 3.26. The van der Waals surface area contributed by atoms with Crippen LogP contribution in [0, 0.1) is 5.92 Å². The number of hydrogen-bond donors (Lipinski definition) is 1. The predicted molar refractivity (Wildman–Crippen MR) is 65.9 cm³/mol. The monoisotopic (exact) mass is 235 g/mol. The lowest BCUT2D eigenvalue weighted by molar-refractivity contribution is 0.385. The minimum atomic E-state index is -2.87. The molecule has 0 aromatic rings. The summed E-state index contributed by atoms with van der Waals surface area (Å²) < 4.78 is 22.5. The lowest BCUT2D eigenvalue weighted by Crippen LogP contribution is -2.36. The summed E-state index contributed by atoms with van der Waals surface area (Å²) in [7, 11) is -2.87. The maximum absolute atomic E-state index is 11.2. The van der Waals surface area contributed by atoms with Gasteiger partial charge in [-0.15, -0.1) is 0 Å². The van der Waals surface area contributed by atoms with Crippen LogP contribution in [-0.4, -0.2) is 33.0 Å². The van der Waals surface area contributed by atoms with Crippen molar-refractivity contribution in [1.82, 2.24) is 5.32 Å². The molecule has 0 rings (SSSR count). The van der Waals surface area contributed by atoms with E-state index in [9.17, 15) is 8.42 Å². The van der Waals surface area contributed by atoms with Gasteiger partial charge in [-0.25, -0.2) is 8.42 Å². The van der Waals surface area contributed by atoms with E-state index in [2.05, 4.69) is 19.2 Å². The first kappa shape index (κ1) is 14.9. The van der Waals surface area contributed by atoms with E-state index in [1.54, 1.807) is 0 Å². The second kappa shape index (κ2) is 7.23. The Labute approximate surface area is 94.6 Å². The molecule has 0 saturated heterocycles. The van der Waals surface area contributed by atoms with Crippen LogP contribution in [0.1, 0.15) is 40.0 Å². The van der Waals surface area contributed by atoms with Crippen molar-refractivity contribution in [3.05, 3.63) is 0 Å². The molecule has 1 unspecified atom stereocenters. The van der Waals surface area contributed by atoms with Crippen LogP contribution >= 0.6 is 0 Å². The van der Waals surface area contributed by atoms with Crippen molar-refractivity contribution in [3.8, 4) is 0 Å². The quantitative estimate of drug-likeness (QED) is 0.698. The van der Waals surface area contributed by atoms with E-state index < -0.39 is 9.84 Å². The second-order valence-corrected chi connectivity index (χ2v) is 6.45. The van der Waals surface area contributed by atoms with Gasteiger partial charge in [0.15, 0.2) is 0 Å². The van der Waals surface area contributed by atoms with Gasteiger partial charge in [0.05, 0.1) is 5.75 Å². The number of sulfone groups is 1. The molecular formula is C11H25NO2S.